The largest absolute Gasteiger partial charge is 0.755 e. The van der Waals surface area contributed by atoms with Crippen molar-refractivity contribution in [1.29, 1.82) is 0 Å². The number of amides is 1. The van der Waals surface area contributed by atoms with Crippen LogP contribution in [0, 0.1) is 0 Å². The normalized spacial score (nSPS) is 12.2. The number of phenols is 1. The van der Waals surface area contributed by atoms with Crippen LogP contribution in [0.4, 0.5) is 30.2 Å². The average Bonchev–Trinajstić information content (AvgIpc) is 3.26. The summed E-state index contributed by atoms with van der Waals surface area (Å²) in [7, 11) is 1.60. The number of aromatic hydroxyl groups is 1. The van der Waals surface area contributed by atoms with E-state index in [0.29, 0.717) is 11.3 Å². The summed E-state index contributed by atoms with van der Waals surface area (Å²) in [6.45, 7) is 0. The number of hydrogen-bond acceptors (Lipinski definition) is 6. The Kier molecular flexibility index (Phi) is 6.77. The maximum atomic E-state index is 12.7. The van der Waals surface area contributed by atoms with Gasteiger partial charge in [0.1, 0.15) is 5.75 Å². The minimum atomic E-state index is -4.44. The minimum absolute atomic E-state index is 0.107. The molecule has 0 radical (unpaired) electrons. The van der Waals surface area contributed by atoms with Crippen molar-refractivity contribution in [2.45, 2.75) is 6.18 Å². The number of aromatic nitrogens is 3. The van der Waals surface area contributed by atoms with E-state index in [1.807, 2.05) is 0 Å². The Bertz CT molecular complexity index is 1420. The third-order valence-electron chi connectivity index (χ3n) is 5.06. The van der Waals surface area contributed by atoms with Crippen molar-refractivity contribution in [3.8, 4) is 17.0 Å². The molecule has 1 unspecified atom stereocenters. The van der Waals surface area contributed by atoms with Crippen molar-refractivity contribution in [2.24, 2.45) is 7.05 Å². The van der Waals surface area contributed by atoms with Crippen molar-refractivity contribution in [1.82, 2.24) is 14.8 Å². The second-order valence-corrected chi connectivity index (χ2v) is 8.35. The molecule has 9 nitrogen and oxygen atoms in total. The highest BCUT2D eigenvalue weighted by atomic mass is 32.2. The first-order valence-electron chi connectivity index (χ1n) is 10.2. The Labute approximate surface area is 205 Å². The third kappa shape index (κ3) is 5.37. The van der Waals surface area contributed by atoms with E-state index in [2.05, 4.69) is 15.4 Å². The zero-order valence-corrected chi connectivity index (χ0v) is 19.2. The number of benzene rings is 2. The Morgan fingerprint density at radius 1 is 1.11 bits per heavy atom. The van der Waals surface area contributed by atoms with Crippen LogP contribution >= 0.6 is 0 Å². The lowest BCUT2D eigenvalue weighted by Crippen LogP contribution is -2.20. The van der Waals surface area contributed by atoms with Crippen LogP contribution in [0.1, 0.15) is 15.9 Å². The maximum absolute atomic E-state index is 12.7. The second-order valence-electron chi connectivity index (χ2n) is 7.55. The fraction of sp³-hybridized carbons (Fsp3) is 0.0870. The molecule has 0 aliphatic heterocycles. The van der Waals surface area contributed by atoms with Gasteiger partial charge in [-0.05, 0) is 42.5 Å². The monoisotopic (exact) mass is 516 g/mol. The number of carbonyl (C=O) groups is 1. The predicted molar refractivity (Wildman–Crippen MR) is 125 cm³/mol. The van der Waals surface area contributed by atoms with Gasteiger partial charge >= 0.3 is 6.18 Å². The summed E-state index contributed by atoms with van der Waals surface area (Å²) < 4.78 is 64.2. The predicted octanol–water partition coefficient (Wildman–Crippen LogP) is 4.39. The molecule has 1 amide bonds. The molecule has 0 spiro atoms. The molecule has 4 rings (SSSR count). The molecule has 2 aromatic heterocycles. The van der Waals surface area contributed by atoms with Crippen LogP contribution in [-0.2, 0) is 24.5 Å². The van der Waals surface area contributed by atoms with E-state index in [1.165, 1.54) is 65.7 Å². The zero-order valence-electron chi connectivity index (χ0n) is 18.4. The minimum Gasteiger partial charge on any atom is -0.755 e. The quantitative estimate of drug-likeness (QED) is 0.289. The van der Waals surface area contributed by atoms with Crippen molar-refractivity contribution in [3.05, 3.63) is 84.3 Å². The van der Waals surface area contributed by atoms with Gasteiger partial charge in [-0.2, -0.15) is 18.3 Å². The van der Waals surface area contributed by atoms with Crippen molar-refractivity contribution in [2.75, 3.05) is 9.62 Å². The highest BCUT2D eigenvalue weighted by Gasteiger charge is 2.30. The number of hydrogen-bond donors (Lipinski definition) is 2. The summed E-state index contributed by atoms with van der Waals surface area (Å²) in [6.07, 6.45) is -0.452. The molecule has 0 aliphatic rings. The molecule has 186 valence electrons. The average molecular weight is 516 g/mol. The Hall–Kier alpha value is -4.23. The van der Waals surface area contributed by atoms with Gasteiger partial charge in [-0.25, -0.2) is 0 Å². The molecular formula is C23H17F3N5O4S-. The van der Waals surface area contributed by atoms with Crippen LogP contribution < -0.4 is 9.62 Å². The van der Waals surface area contributed by atoms with Gasteiger partial charge in [0.15, 0.2) is 0 Å². The molecule has 2 heterocycles. The van der Waals surface area contributed by atoms with Crippen LogP contribution in [0.5, 0.6) is 5.75 Å². The summed E-state index contributed by atoms with van der Waals surface area (Å²) in [4.78, 5) is 16.9. The summed E-state index contributed by atoms with van der Waals surface area (Å²) in [5, 5.41) is 16.8. The van der Waals surface area contributed by atoms with Gasteiger partial charge in [0.25, 0.3) is 5.91 Å². The topological polar surface area (TPSA) is 123 Å². The molecule has 1 atom stereocenters. The number of carbonyl (C=O) groups excluding carboxylic acids is 1. The van der Waals surface area contributed by atoms with E-state index >= 15 is 0 Å². The van der Waals surface area contributed by atoms with Gasteiger partial charge in [-0.3, -0.25) is 23.0 Å². The fourth-order valence-electron chi connectivity index (χ4n) is 3.31. The molecular weight excluding hydrogens is 499 g/mol. The number of nitrogens with zero attached hydrogens (tertiary/aromatic N) is 4. The van der Waals surface area contributed by atoms with E-state index in [9.17, 15) is 31.8 Å². The number of pyridine rings is 1. The van der Waals surface area contributed by atoms with Gasteiger partial charge in [-0.15, -0.1) is 0 Å². The van der Waals surface area contributed by atoms with E-state index in [4.69, 9.17) is 0 Å². The summed E-state index contributed by atoms with van der Waals surface area (Å²) in [5.74, 6) is -0.919. The van der Waals surface area contributed by atoms with Crippen molar-refractivity contribution in [3.63, 3.8) is 0 Å². The molecule has 2 aromatic carbocycles. The van der Waals surface area contributed by atoms with Gasteiger partial charge < -0.3 is 15.0 Å². The molecule has 0 fully saturated rings. The Balaban J connectivity index is 1.53. The number of nitrogens with one attached hydrogen (secondary N) is 1. The lowest BCUT2D eigenvalue weighted by Gasteiger charge is -2.26. The van der Waals surface area contributed by atoms with Gasteiger partial charge in [0, 0.05) is 30.7 Å². The zero-order chi connectivity index (χ0) is 26.0. The van der Waals surface area contributed by atoms with E-state index in [0.717, 1.165) is 16.4 Å². The van der Waals surface area contributed by atoms with Crippen molar-refractivity contribution < 1.29 is 31.8 Å². The lowest BCUT2D eigenvalue weighted by molar-refractivity contribution is -0.137. The number of halogens is 3. The SMILES string of the molecule is Cn1cc(N(c2cc(NC(=O)c3ccc(-c4ccc(C(F)(F)F)cc4)nc3)ccc2O)S(=O)[O-])cn1. The second kappa shape index (κ2) is 9.79. The smallest absolute Gasteiger partial charge is 0.416 e. The molecule has 0 saturated heterocycles. The highest BCUT2D eigenvalue weighted by Crippen LogP contribution is 2.36. The van der Waals surface area contributed by atoms with Crippen molar-refractivity contribution >= 4 is 34.2 Å². The Morgan fingerprint density at radius 3 is 2.39 bits per heavy atom. The maximum Gasteiger partial charge on any atom is 0.416 e. The summed E-state index contributed by atoms with van der Waals surface area (Å²) in [6, 6.07) is 11.3. The number of phenolic OH excluding ortho intramolecular Hbond substituents is 1. The summed E-state index contributed by atoms with van der Waals surface area (Å²) >= 11 is -2.80. The first-order valence-corrected chi connectivity index (χ1v) is 11.2. The number of anilines is 3. The van der Waals surface area contributed by atoms with E-state index in [-0.39, 0.29) is 28.4 Å². The van der Waals surface area contributed by atoms with E-state index < -0.39 is 28.9 Å². The molecule has 0 saturated carbocycles. The molecule has 0 bridgehead atoms. The van der Waals surface area contributed by atoms with Crippen LogP contribution in [0.2, 0.25) is 0 Å². The molecule has 36 heavy (non-hydrogen) atoms. The molecule has 2 N–H and O–H groups in total. The number of rotatable bonds is 6. The fourth-order valence-corrected chi connectivity index (χ4v) is 3.89. The first kappa shape index (κ1) is 24.9. The van der Waals surface area contributed by atoms with Crippen LogP contribution in [-0.4, -0.2) is 34.5 Å². The van der Waals surface area contributed by atoms with Crippen LogP contribution in [0.3, 0.4) is 0 Å². The van der Waals surface area contributed by atoms with Crippen LogP contribution in [0.15, 0.2) is 73.2 Å². The number of alkyl halides is 3. The molecule has 13 heteroatoms. The first-order chi connectivity index (χ1) is 17.0. The summed E-state index contributed by atoms with van der Waals surface area (Å²) in [5.41, 5.74) is 0.447. The number of aryl methyl sites for hydroxylation is 1. The molecule has 0 aliphatic carbocycles. The Morgan fingerprint density at radius 2 is 1.83 bits per heavy atom. The van der Waals surface area contributed by atoms with Gasteiger partial charge in [-0.1, -0.05) is 12.1 Å². The third-order valence-corrected chi connectivity index (χ3v) is 5.77. The van der Waals surface area contributed by atoms with Gasteiger partial charge in [0.2, 0.25) is 0 Å². The highest BCUT2D eigenvalue weighted by molar-refractivity contribution is 7.81. The van der Waals surface area contributed by atoms with Gasteiger partial charge in [0.05, 0.1) is 45.7 Å². The lowest BCUT2D eigenvalue weighted by atomic mass is 10.1. The molecule has 4 aromatic rings. The van der Waals surface area contributed by atoms with Crippen LogP contribution in [0.25, 0.3) is 11.3 Å². The van der Waals surface area contributed by atoms with E-state index in [1.54, 1.807) is 7.05 Å². The standard InChI is InChI=1S/C23H18F3N5O4S/c1-30-13-18(12-28-30)31(36(34)35)20-10-17(7-9-21(20)32)29-22(33)15-4-8-19(27-11-15)14-2-5-16(6-3-14)23(24,25)26/h2-13,32H,1H3,(H,29,33)(H,34,35)/p-1.